The number of ether oxygens (including phenoxy) is 1. The van der Waals surface area contributed by atoms with Gasteiger partial charge in [0.1, 0.15) is 12.4 Å². The minimum Gasteiger partial charge on any atom is -0.489 e. The molecule has 4 aliphatic rings. The lowest BCUT2D eigenvalue weighted by molar-refractivity contribution is -0.0135. The summed E-state index contributed by atoms with van der Waals surface area (Å²) in [5.41, 5.74) is 4.88. The van der Waals surface area contributed by atoms with E-state index in [1.165, 1.54) is 70.0 Å². The molecule has 3 heteroatoms. The van der Waals surface area contributed by atoms with Crippen LogP contribution in [0.2, 0.25) is 0 Å². The van der Waals surface area contributed by atoms with Gasteiger partial charge in [-0.3, -0.25) is 4.90 Å². The number of fused-ring (bicyclic) bond motifs is 1. The molecule has 0 unspecified atom stereocenters. The molecular weight excluding hydrogens is 434 g/mol. The maximum Gasteiger partial charge on any atom is 0.120 e. The highest BCUT2D eigenvalue weighted by molar-refractivity contribution is 9.10. The SMILES string of the molecule is Brc1ccc(COc2ccc3c(c2)[C@@]24CCCC[C@H]2[C@@H](C3)N(CC2CC2)CC4)cc1. The Labute approximate surface area is 189 Å². The zero-order valence-corrected chi connectivity index (χ0v) is 19.4. The summed E-state index contributed by atoms with van der Waals surface area (Å²) in [5.74, 6) is 2.90. The molecule has 3 atom stereocenters. The molecule has 3 fully saturated rings. The Kier molecular flexibility index (Phi) is 4.95. The van der Waals surface area contributed by atoms with Crippen LogP contribution in [0, 0.1) is 11.8 Å². The average molecular weight is 466 g/mol. The molecule has 2 nitrogen and oxygen atoms in total. The van der Waals surface area contributed by atoms with Gasteiger partial charge in [-0.2, -0.15) is 0 Å². The lowest BCUT2D eigenvalue weighted by Gasteiger charge is -2.59. The molecule has 6 rings (SSSR count). The molecule has 158 valence electrons. The van der Waals surface area contributed by atoms with Crippen molar-refractivity contribution in [2.75, 3.05) is 13.1 Å². The first kappa shape index (κ1) is 19.4. The highest BCUT2D eigenvalue weighted by atomic mass is 79.9. The molecule has 0 radical (unpaired) electrons. The van der Waals surface area contributed by atoms with Crippen LogP contribution in [0.3, 0.4) is 0 Å². The summed E-state index contributed by atoms with van der Waals surface area (Å²) < 4.78 is 7.38. The summed E-state index contributed by atoms with van der Waals surface area (Å²) >= 11 is 3.52. The summed E-state index contributed by atoms with van der Waals surface area (Å²) in [6, 6.07) is 16.3. The number of hydrogen-bond donors (Lipinski definition) is 0. The molecular formula is C27H32BrNO. The Morgan fingerprint density at radius 1 is 1.00 bits per heavy atom. The largest absolute Gasteiger partial charge is 0.489 e. The third-order valence-corrected chi connectivity index (χ3v) is 8.96. The summed E-state index contributed by atoms with van der Waals surface area (Å²) in [6.07, 6.45) is 11.2. The van der Waals surface area contributed by atoms with Crippen molar-refractivity contribution in [3.8, 4) is 5.75 Å². The van der Waals surface area contributed by atoms with Gasteiger partial charge in [-0.25, -0.2) is 0 Å². The molecule has 2 aromatic rings. The average Bonchev–Trinajstić information content (AvgIpc) is 3.59. The smallest absolute Gasteiger partial charge is 0.120 e. The Balaban J connectivity index is 1.28. The van der Waals surface area contributed by atoms with Crippen LogP contribution in [0.25, 0.3) is 0 Å². The fourth-order valence-corrected chi connectivity index (χ4v) is 7.02. The number of nitrogens with zero attached hydrogens (tertiary/aromatic N) is 1. The van der Waals surface area contributed by atoms with E-state index in [1.54, 1.807) is 11.1 Å². The van der Waals surface area contributed by atoms with E-state index < -0.39 is 0 Å². The third kappa shape index (κ3) is 3.42. The molecule has 1 aliphatic heterocycles. The molecule has 1 saturated heterocycles. The fourth-order valence-electron chi connectivity index (χ4n) is 6.76. The second-order valence-electron chi connectivity index (χ2n) is 10.2. The molecule has 2 bridgehead atoms. The van der Waals surface area contributed by atoms with E-state index in [4.69, 9.17) is 4.74 Å². The van der Waals surface area contributed by atoms with Crippen LogP contribution < -0.4 is 4.74 Å². The summed E-state index contributed by atoms with van der Waals surface area (Å²) in [4.78, 5) is 2.90. The molecule has 0 N–H and O–H groups in total. The van der Waals surface area contributed by atoms with E-state index in [9.17, 15) is 0 Å². The van der Waals surface area contributed by atoms with Gasteiger partial charge in [0, 0.05) is 22.5 Å². The zero-order valence-electron chi connectivity index (χ0n) is 17.8. The Morgan fingerprint density at radius 3 is 2.70 bits per heavy atom. The monoisotopic (exact) mass is 465 g/mol. The standard InChI is InChI=1S/C27H32BrNO/c28-22-9-6-20(7-10-22)18-30-23-11-8-21-15-26-24-3-1-2-12-27(24,25(21)16-23)13-14-29(26)17-19-4-5-19/h6-11,16,19,24,26H,1-5,12-15,17-18H2/t24-,26+,27+/m0/s1. The van der Waals surface area contributed by atoms with Crippen LogP contribution in [0.5, 0.6) is 5.75 Å². The van der Waals surface area contributed by atoms with Crippen LogP contribution in [0.15, 0.2) is 46.9 Å². The van der Waals surface area contributed by atoms with Crippen molar-refractivity contribution in [3.05, 3.63) is 63.6 Å². The van der Waals surface area contributed by atoms with Gasteiger partial charge >= 0.3 is 0 Å². The van der Waals surface area contributed by atoms with Crippen molar-refractivity contribution in [1.82, 2.24) is 4.90 Å². The predicted octanol–water partition coefficient (Wildman–Crippen LogP) is 6.50. The lowest BCUT2D eigenvalue weighted by atomic mass is 9.52. The van der Waals surface area contributed by atoms with E-state index in [2.05, 4.69) is 63.3 Å². The summed E-state index contributed by atoms with van der Waals surface area (Å²) in [6.45, 7) is 3.31. The molecule has 1 heterocycles. The Bertz CT molecular complexity index is 921. The van der Waals surface area contributed by atoms with Crippen molar-refractivity contribution >= 4 is 15.9 Å². The van der Waals surface area contributed by atoms with E-state index in [0.29, 0.717) is 12.0 Å². The number of piperidine rings is 1. The van der Waals surface area contributed by atoms with Gasteiger partial charge < -0.3 is 4.74 Å². The first-order valence-electron chi connectivity index (χ1n) is 12.0. The topological polar surface area (TPSA) is 12.5 Å². The minimum absolute atomic E-state index is 0.410. The number of hydrogen-bond acceptors (Lipinski definition) is 2. The zero-order chi connectivity index (χ0) is 20.1. The van der Waals surface area contributed by atoms with Crippen LogP contribution >= 0.6 is 15.9 Å². The molecule has 2 saturated carbocycles. The summed E-state index contributed by atoms with van der Waals surface area (Å²) in [5, 5.41) is 0. The molecule has 0 aromatic heterocycles. The van der Waals surface area contributed by atoms with E-state index >= 15 is 0 Å². The van der Waals surface area contributed by atoms with Gasteiger partial charge in [0.05, 0.1) is 0 Å². The van der Waals surface area contributed by atoms with Crippen LogP contribution in [0.4, 0.5) is 0 Å². The molecule has 0 spiro atoms. The second-order valence-corrected chi connectivity index (χ2v) is 11.1. The van der Waals surface area contributed by atoms with Crippen LogP contribution in [-0.2, 0) is 18.4 Å². The first-order valence-corrected chi connectivity index (χ1v) is 12.8. The maximum atomic E-state index is 6.27. The normalized spacial score (nSPS) is 30.4. The van der Waals surface area contributed by atoms with E-state index in [1.807, 2.05) is 0 Å². The van der Waals surface area contributed by atoms with Crippen molar-refractivity contribution in [2.45, 2.75) is 69.4 Å². The van der Waals surface area contributed by atoms with E-state index in [0.717, 1.165) is 28.1 Å². The van der Waals surface area contributed by atoms with Crippen molar-refractivity contribution in [2.24, 2.45) is 11.8 Å². The third-order valence-electron chi connectivity index (χ3n) is 8.43. The molecule has 0 amide bonds. The number of rotatable bonds is 5. The fraction of sp³-hybridized carbons (Fsp3) is 0.556. The van der Waals surface area contributed by atoms with Crippen molar-refractivity contribution in [3.63, 3.8) is 0 Å². The van der Waals surface area contributed by atoms with Crippen LogP contribution in [-0.4, -0.2) is 24.0 Å². The van der Waals surface area contributed by atoms with Crippen molar-refractivity contribution in [1.29, 1.82) is 0 Å². The minimum atomic E-state index is 0.410. The quantitative estimate of drug-likeness (QED) is 0.499. The van der Waals surface area contributed by atoms with Gasteiger partial charge in [0.15, 0.2) is 0 Å². The van der Waals surface area contributed by atoms with Gasteiger partial charge in [0.2, 0.25) is 0 Å². The highest BCUT2D eigenvalue weighted by Gasteiger charge is 2.54. The highest BCUT2D eigenvalue weighted by Crippen LogP contribution is 2.56. The number of halogens is 1. The van der Waals surface area contributed by atoms with Gasteiger partial charge in [-0.1, -0.05) is 47.0 Å². The van der Waals surface area contributed by atoms with E-state index in [-0.39, 0.29) is 0 Å². The lowest BCUT2D eigenvalue weighted by Crippen LogP contribution is -2.61. The summed E-state index contributed by atoms with van der Waals surface area (Å²) in [7, 11) is 0. The number of likely N-dealkylation sites (tertiary alicyclic amines) is 1. The second kappa shape index (κ2) is 7.67. The maximum absolute atomic E-state index is 6.27. The first-order chi connectivity index (χ1) is 14.7. The molecule has 30 heavy (non-hydrogen) atoms. The molecule has 2 aromatic carbocycles. The van der Waals surface area contributed by atoms with Crippen molar-refractivity contribution < 1.29 is 4.74 Å². The molecule has 3 aliphatic carbocycles. The predicted molar refractivity (Wildman–Crippen MR) is 125 cm³/mol. The van der Waals surface area contributed by atoms with Gasteiger partial charge in [0.25, 0.3) is 0 Å². The van der Waals surface area contributed by atoms with Crippen LogP contribution in [0.1, 0.15) is 61.6 Å². The van der Waals surface area contributed by atoms with Gasteiger partial charge in [-0.05, 0) is 97.9 Å². The number of benzene rings is 2. The Morgan fingerprint density at radius 2 is 1.87 bits per heavy atom. The Hall–Kier alpha value is -1.32. The van der Waals surface area contributed by atoms with Gasteiger partial charge in [-0.15, -0.1) is 0 Å².